The molecule has 0 bridgehead atoms. The largest absolute Gasteiger partial charge is 0.479 e. The summed E-state index contributed by atoms with van der Waals surface area (Å²) >= 11 is 0. The van der Waals surface area contributed by atoms with E-state index in [-0.39, 0.29) is 18.9 Å². The third-order valence-electron chi connectivity index (χ3n) is 6.30. The maximum absolute atomic E-state index is 12.6. The fourth-order valence-electron chi connectivity index (χ4n) is 4.48. The first-order valence-electron chi connectivity index (χ1n) is 11.5. The highest BCUT2D eigenvalue weighted by molar-refractivity contribution is 5.85. The normalized spacial score (nSPS) is 13.9. The van der Waals surface area contributed by atoms with E-state index < -0.39 is 30.1 Å². The molecule has 1 aliphatic carbocycles. The molecule has 35 heavy (non-hydrogen) atoms. The van der Waals surface area contributed by atoms with E-state index in [0.717, 1.165) is 22.3 Å². The van der Waals surface area contributed by atoms with Crippen molar-refractivity contribution in [3.05, 3.63) is 77.6 Å². The van der Waals surface area contributed by atoms with Crippen molar-refractivity contribution in [3.8, 4) is 11.1 Å². The Morgan fingerprint density at radius 1 is 1.03 bits per heavy atom. The zero-order valence-electron chi connectivity index (χ0n) is 19.6. The van der Waals surface area contributed by atoms with Crippen molar-refractivity contribution in [2.75, 3.05) is 6.61 Å². The highest BCUT2D eigenvalue weighted by Crippen LogP contribution is 2.44. The number of ether oxygens (including phenoxy) is 1. The zero-order valence-corrected chi connectivity index (χ0v) is 19.6. The van der Waals surface area contributed by atoms with Crippen LogP contribution in [0.2, 0.25) is 0 Å². The molecule has 1 unspecified atom stereocenters. The van der Waals surface area contributed by atoms with Gasteiger partial charge in [0.1, 0.15) is 6.61 Å². The molecule has 0 saturated heterocycles. The van der Waals surface area contributed by atoms with Crippen molar-refractivity contribution < 1.29 is 24.2 Å². The number of fused-ring (bicyclic) bond motifs is 3. The highest BCUT2D eigenvalue weighted by atomic mass is 16.5. The Bertz CT molecular complexity index is 1190. The lowest BCUT2D eigenvalue weighted by atomic mass is 9.98. The Kier molecular flexibility index (Phi) is 7.14. The summed E-state index contributed by atoms with van der Waals surface area (Å²) in [5, 5.41) is 18.7. The van der Waals surface area contributed by atoms with Crippen LogP contribution in [0.4, 0.5) is 4.79 Å². The molecule has 4 rings (SSSR count). The Labute approximate surface area is 203 Å². The van der Waals surface area contributed by atoms with Crippen molar-refractivity contribution >= 4 is 18.0 Å². The first kappa shape index (κ1) is 24.0. The smallest absolute Gasteiger partial charge is 0.407 e. The van der Waals surface area contributed by atoms with Crippen LogP contribution in [0.25, 0.3) is 11.1 Å². The molecule has 2 atom stereocenters. The molecule has 1 aliphatic rings. The van der Waals surface area contributed by atoms with Gasteiger partial charge in [-0.2, -0.15) is 5.10 Å². The van der Waals surface area contributed by atoms with Gasteiger partial charge in [-0.3, -0.25) is 9.48 Å². The molecular formula is C26H28N4O5. The van der Waals surface area contributed by atoms with E-state index in [0.29, 0.717) is 12.1 Å². The quantitative estimate of drug-likeness (QED) is 0.435. The van der Waals surface area contributed by atoms with E-state index in [1.165, 1.54) is 16.9 Å². The molecule has 0 saturated carbocycles. The SMILES string of the molecule is CC[C@@H](CC(=O)NC(C(=O)O)c1ccnn1C)NC(=O)OCC1c2ccccc2-c2ccccc21. The standard InChI is InChI=1S/C26H28N4O5/c1-3-16(14-23(31)29-24(25(32)33)22-12-13-27-30(22)2)28-26(34)35-15-21-19-10-6-4-8-17(19)18-9-5-7-11-20(18)21/h4-13,16,21,24H,3,14-15H2,1-2H3,(H,28,34)(H,29,31)(H,32,33)/t16-,24?/m0/s1. The number of carboxylic acid groups (broad SMARTS) is 1. The van der Waals surface area contributed by atoms with Gasteiger partial charge >= 0.3 is 12.1 Å². The van der Waals surface area contributed by atoms with Gasteiger partial charge in [-0.15, -0.1) is 0 Å². The average molecular weight is 477 g/mol. The average Bonchev–Trinajstić information content (AvgIpc) is 3.41. The van der Waals surface area contributed by atoms with Gasteiger partial charge in [0.15, 0.2) is 6.04 Å². The topological polar surface area (TPSA) is 123 Å². The van der Waals surface area contributed by atoms with Crippen LogP contribution in [0.5, 0.6) is 0 Å². The number of carbonyl (C=O) groups excluding carboxylic acids is 2. The lowest BCUT2D eigenvalue weighted by Gasteiger charge is -2.20. The Balaban J connectivity index is 1.34. The summed E-state index contributed by atoms with van der Waals surface area (Å²) in [5.74, 6) is -1.75. The van der Waals surface area contributed by atoms with Crippen LogP contribution in [0.15, 0.2) is 60.8 Å². The lowest BCUT2D eigenvalue weighted by Crippen LogP contribution is -2.41. The van der Waals surface area contributed by atoms with E-state index >= 15 is 0 Å². The summed E-state index contributed by atoms with van der Waals surface area (Å²) in [4.78, 5) is 36.8. The number of alkyl carbamates (subject to hydrolysis) is 1. The van der Waals surface area contributed by atoms with Gasteiger partial charge in [0.25, 0.3) is 0 Å². The van der Waals surface area contributed by atoms with Gasteiger partial charge in [-0.1, -0.05) is 55.5 Å². The van der Waals surface area contributed by atoms with Gasteiger partial charge in [0, 0.05) is 31.6 Å². The van der Waals surface area contributed by atoms with Crippen LogP contribution >= 0.6 is 0 Å². The number of hydrogen-bond donors (Lipinski definition) is 3. The predicted octanol–water partition coefficient (Wildman–Crippen LogP) is 3.37. The van der Waals surface area contributed by atoms with Crippen LogP contribution < -0.4 is 10.6 Å². The van der Waals surface area contributed by atoms with Crippen LogP contribution in [0.3, 0.4) is 0 Å². The van der Waals surface area contributed by atoms with Crippen molar-refractivity contribution in [2.24, 2.45) is 7.05 Å². The number of carbonyl (C=O) groups is 3. The molecule has 0 radical (unpaired) electrons. The minimum Gasteiger partial charge on any atom is -0.479 e. The summed E-state index contributed by atoms with van der Waals surface area (Å²) < 4.78 is 6.95. The van der Waals surface area contributed by atoms with E-state index in [1.807, 2.05) is 43.3 Å². The molecule has 2 amide bonds. The van der Waals surface area contributed by atoms with E-state index in [4.69, 9.17) is 4.74 Å². The third-order valence-corrected chi connectivity index (χ3v) is 6.30. The van der Waals surface area contributed by atoms with Crippen molar-refractivity contribution in [1.29, 1.82) is 0 Å². The number of nitrogens with one attached hydrogen (secondary N) is 2. The molecule has 3 aromatic rings. The fourth-order valence-corrected chi connectivity index (χ4v) is 4.48. The maximum atomic E-state index is 12.6. The molecule has 0 spiro atoms. The number of aryl methyl sites for hydroxylation is 1. The number of aliphatic carboxylic acids is 1. The maximum Gasteiger partial charge on any atom is 0.407 e. The van der Waals surface area contributed by atoms with E-state index in [9.17, 15) is 19.5 Å². The minimum atomic E-state index is -1.23. The molecule has 1 aromatic heterocycles. The van der Waals surface area contributed by atoms with E-state index in [2.05, 4.69) is 27.9 Å². The second kappa shape index (κ2) is 10.4. The number of nitrogens with zero attached hydrogens (tertiary/aromatic N) is 2. The summed E-state index contributed by atoms with van der Waals surface area (Å²) in [6.07, 6.45) is 1.24. The molecule has 182 valence electrons. The second-order valence-corrected chi connectivity index (χ2v) is 8.50. The number of aromatic nitrogens is 2. The monoisotopic (exact) mass is 476 g/mol. The van der Waals surface area contributed by atoms with Crippen LogP contribution in [-0.4, -0.2) is 45.5 Å². The summed E-state index contributed by atoms with van der Waals surface area (Å²) in [6.45, 7) is 2.00. The zero-order chi connectivity index (χ0) is 24.9. The van der Waals surface area contributed by atoms with Gasteiger partial charge in [0.05, 0.1) is 5.69 Å². The molecule has 1 heterocycles. The third kappa shape index (κ3) is 5.18. The Morgan fingerprint density at radius 2 is 1.66 bits per heavy atom. The number of rotatable bonds is 9. The fraction of sp³-hybridized carbons (Fsp3) is 0.308. The molecule has 0 fully saturated rings. The number of hydrogen-bond acceptors (Lipinski definition) is 5. The molecule has 9 heteroatoms. The van der Waals surface area contributed by atoms with Crippen molar-refractivity contribution in [2.45, 2.75) is 37.8 Å². The van der Waals surface area contributed by atoms with Gasteiger partial charge in [-0.05, 0) is 34.7 Å². The summed E-state index contributed by atoms with van der Waals surface area (Å²) in [5.41, 5.74) is 4.86. The number of benzene rings is 2. The first-order valence-corrected chi connectivity index (χ1v) is 11.5. The number of amides is 2. The molecule has 9 nitrogen and oxygen atoms in total. The summed E-state index contributed by atoms with van der Waals surface area (Å²) in [6, 6.07) is 15.9. The van der Waals surface area contributed by atoms with Gasteiger partial charge < -0.3 is 20.5 Å². The van der Waals surface area contributed by atoms with Crippen LogP contribution in [0, 0.1) is 0 Å². The first-order chi connectivity index (χ1) is 16.9. The molecular weight excluding hydrogens is 448 g/mol. The predicted molar refractivity (Wildman–Crippen MR) is 129 cm³/mol. The molecule has 3 N–H and O–H groups in total. The second-order valence-electron chi connectivity index (χ2n) is 8.50. The van der Waals surface area contributed by atoms with E-state index in [1.54, 1.807) is 7.05 Å². The Morgan fingerprint density at radius 3 is 2.20 bits per heavy atom. The molecule has 0 aliphatic heterocycles. The minimum absolute atomic E-state index is 0.0632. The van der Waals surface area contributed by atoms with Crippen LogP contribution in [0.1, 0.15) is 48.5 Å². The van der Waals surface area contributed by atoms with Crippen LogP contribution in [-0.2, 0) is 21.4 Å². The molecule has 2 aromatic carbocycles. The van der Waals surface area contributed by atoms with Gasteiger partial charge in [0.2, 0.25) is 5.91 Å². The van der Waals surface area contributed by atoms with Crippen molar-refractivity contribution in [3.63, 3.8) is 0 Å². The number of carboxylic acids is 1. The van der Waals surface area contributed by atoms with Crippen molar-refractivity contribution in [1.82, 2.24) is 20.4 Å². The highest BCUT2D eigenvalue weighted by Gasteiger charge is 2.30. The Hall–Kier alpha value is -4.14. The lowest BCUT2D eigenvalue weighted by molar-refractivity contribution is -0.142. The van der Waals surface area contributed by atoms with Gasteiger partial charge in [-0.25, -0.2) is 9.59 Å². The summed E-state index contributed by atoms with van der Waals surface area (Å²) in [7, 11) is 1.60.